The summed E-state index contributed by atoms with van der Waals surface area (Å²) in [5.74, 6) is 1.04. The predicted octanol–water partition coefficient (Wildman–Crippen LogP) is 4.09. The summed E-state index contributed by atoms with van der Waals surface area (Å²) in [6, 6.07) is 7.23. The number of carbonyl (C=O) groups excluding carboxylic acids is 1. The summed E-state index contributed by atoms with van der Waals surface area (Å²) in [4.78, 5) is 12.6. The molecule has 23 heavy (non-hydrogen) atoms. The van der Waals surface area contributed by atoms with Crippen LogP contribution in [0.15, 0.2) is 41.3 Å². The van der Waals surface area contributed by atoms with E-state index in [2.05, 4.69) is 26.9 Å². The zero-order valence-corrected chi connectivity index (χ0v) is 13.7. The van der Waals surface area contributed by atoms with Crippen LogP contribution in [0.25, 0.3) is 0 Å². The molecule has 0 fully saturated rings. The molecule has 0 atom stereocenters. The molecule has 0 saturated carbocycles. The van der Waals surface area contributed by atoms with Crippen molar-refractivity contribution in [3.8, 4) is 0 Å². The molecule has 0 bridgehead atoms. The van der Waals surface area contributed by atoms with Gasteiger partial charge in [-0.25, -0.2) is 0 Å². The van der Waals surface area contributed by atoms with Crippen LogP contribution in [-0.2, 0) is 0 Å². The number of anilines is 2. The van der Waals surface area contributed by atoms with Gasteiger partial charge in [0.1, 0.15) is 5.82 Å². The van der Waals surface area contributed by atoms with Crippen molar-refractivity contribution in [1.29, 1.82) is 0 Å². The summed E-state index contributed by atoms with van der Waals surface area (Å²) >= 11 is 1.40. The summed E-state index contributed by atoms with van der Waals surface area (Å²) in [6.45, 7) is 0.863. The average Bonchev–Trinajstić information content (AvgIpc) is 3.12. The van der Waals surface area contributed by atoms with E-state index < -0.39 is 0 Å². The molecule has 1 amide bonds. The fourth-order valence-corrected chi connectivity index (χ4v) is 3.18. The molecule has 2 aromatic heterocycles. The second kappa shape index (κ2) is 7.87. The van der Waals surface area contributed by atoms with Crippen LogP contribution in [0.1, 0.15) is 41.8 Å². The summed E-state index contributed by atoms with van der Waals surface area (Å²) in [5, 5.41) is 16.0. The molecule has 0 aromatic carbocycles. The van der Waals surface area contributed by atoms with E-state index in [1.54, 1.807) is 12.1 Å². The Labute approximate surface area is 139 Å². The van der Waals surface area contributed by atoms with E-state index in [-0.39, 0.29) is 5.91 Å². The van der Waals surface area contributed by atoms with Crippen molar-refractivity contribution in [3.05, 3.63) is 46.2 Å². The molecule has 2 heterocycles. The Kier molecular flexibility index (Phi) is 5.37. The predicted molar refractivity (Wildman–Crippen MR) is 94.0 cm³/mol. The third kappa shape index (κ3) is 4.63. The van der Waals surface area contributed by atoms with E-state index in [0.29, 0.717) is 10.7 Å². The van der Waals surface area contributed by atoms with Gasteiger partial charge in [-0.15, -0.1) is 21.5 Å². The van der Waals surface area contributed by atoms with Gasteiger partial charge >= 0.3 is 0 Å². The molecule has 0 saturated heterocycles. The van der Waals surface area contributed by atoms with Crippen LogP contribution in [0.2, 0.25) is 0 Å². The van der Waals surface area contributed by atoms with Crippen molar-refractivity contribution in [2.75, 3.05) is 17.2 Å². The Morgan fingerprint density at radius 2 is 2.04 bits per heavy atom. The maximum absolute atomic E-state index is 11.9. The number of nitrogens with zero attached hydrogens (tertiary/aromatic N) is 2. The smallest absolute Gasteiger partial charge is 0.266 e. The maximum Gasteiger partial charge on any atom is 0.266 e. The van der Waals surface area contributed by atoms with Gasteiger partial charge in [-0.1, -0.05) is 17.7 Å². The molecule has 3 rings (SSSR count). The number of nitrogens with one attached hydrogen (secondary N) is 2. The first-order chi connectivity index (χ1) is 11.3. The molecular weight excluding hydrogens is 308 g/mol. The quantitative estimate of drug-likeness (QED) is 0.784. The van der Waals surface area contributed by atoms with Crippen LogP contribution < -0.4 is 10.6 Å². The Morgan fingerprint density at radius 3 is 2.74 bits per heavy atom. The lowest BCUT2D eigenvalue weighted by atomic mass is 9.97. The molecule has 5 nitrogen and oxygen atoms in total. The van der Waals surface area contributed by atoms with Crippen LogP contribution in [0.3, 0.4) is 0 Å². The van der Waals surface area contributed by atoms with Gasteiger partial charge in [-0.05, 0) is 55.7 Å². The highest BCUT2D eigenvalue weighted by Crippen LogP contribution is 2.20. The van der Waals surface area contributed by atoms with Gasteiger partial charge in [-0.2, -0.15) is 0 Å². The molecule has 1 aliphatic carbocycles. The normalized spacial score (nSPS) is 14.2. The molecule has 0 spiro atoms. The van der Waals surface area contributed by atoms with Crippen molar-refractivity contribution in [3.63, 3.8) is 0 Å². The summed E-state index contributed by atoms with van der Waals surface area (Å²) in [6.07, 6.45) is 8.48. The Morgan fingerprint density at radius 1 is 1.17 bits per heavy atom. The van der Waals surface area contributed by atoms with Crippen molar-refractivity contribution in [2.45, 2.75) is 32.1 Å². The van der Waals surface area contributed by atoms with Crippen LogP contribution in [0.5, 0.6) is 0 Å². The third-order valence-electron chi connectivity index (χ3n) is 3.79. The number of hydrogen-bond acceptors (Lipinski definition) is 5. The van der Waals surface area contributed by atoms with Gasteiger partial charge in [-0.3, -0.25) is 4.79 Å². The molecule has 120 valence electrons. The highest BCUT2D eigenvalue weighted by molar-refractivity contribution is 7.12. The Balaban J connectivity index is 1.47. The number of hydrogen-bond donors (Lipinski definition) is 2. The van der Waals surface area contributed by atoms with E-state index >= 15 is 0 Å². The standard InChI is InChI=1S/C17H20N4OS/c22-17(14-7-4-12-23-14)19-16-9-8-15(20-21-16)18-11-10-13-5-2-1-3-6-13/h4-5,7-9,12H,1-3,6,10-11H2,(H,18,20)(H,19,21,22). The number of amides is 1. The molecule has 1 aliphatic rings. The highest BCUT2D eigenvalue weighted by Gasteiger charge is 2.08. The van der Waals surface area contributed by atoms with E-state index in [1.807, 2.05) is 17.5 Å². The third-order valence-corrected chi connectivity index (χ3v) is 4.66. The van der Waals surface area contributed by atoms with Gasteiger partial charge in [0.05, 0.1) is 4.88 Å². The fourth-order valence-electron chi connectivity index (χ4n) is 2.56. The first kappa shape index (κ1) is 15.7. The summed E-state index contributed by atoms with van der Waals surface area (Å²) in [7, 11) is 0. The van der Waals surface area contributed by atoms with Gasteiger partial charge in [0.15, 0.2) is 5.82 Å². The number of carbonyl (C=O) groups is 1. The summed E-state index contributed by atoms with van der Waals surface area (Å²) in [5.41, 5.74) is 1.54. The van der Waals surface area contributed by atoms with Crippen LogP contribution in [0, 0.1) is 0 Å². The monoisotopic (exact) mass is 328 g/mol. The second-order valence-electron chi connectivity index (χ2n) is 5.52. The van der Waals surface area contributed by atoms with Crippen LogP contribution in [-0.4, -0.2) is 22.6 Å². The largest absolute Gasteiger partial charge is 0.368 e. The van der Waals surface area contributed by atoms with Gasteiger partial charge < -0.3 is 10.6 Å². The average molecular weight is 328 g/mol. The zero-order valence-electron chi connectivity index (χ0n) is 12.9. The molecule has 0 aliphatic heterocycles. The molecule has 2 aromatic rings. The minimum atomic E-state index is -0.153. The minimum absolute atomic E-state index is 0.153. The van der Waals surface area contributed by atoms with Crippen molar-refractivity contribution in [1.82, 2.24) is 10.2 Å². The number of rotatable bonds is 6. The van der Waals surface area contributed by atoms with Crippen LogP contribution >= 0.6 is 11.3 Å². The molecule has 0 unspecified atom stereocenters. The minimum Gasteiger partial charge on any atom is -0.368 e. The number of thiophene rings is 1. The van der Waals surface area contributed by atoms with Crippen molar-refractivity contribution in [2.24, 2.45) is 0 Å². The van der Waals surface area contributed by atoms with E-state index in [0.717, 1.165) is 18.8 Å². The van der Waals surface area contributed by atoms with Gasteiger partial charge in [0.25, 0.3) is 5.91 Å². The first-order valence-corrected chi connectivity index (χ1v) is 8.79. The maximum atomic E-state index is 11.9. The van der Waals surface area contributed by atoms with Gasteiger partial charge in [0.2, 0.25) is 0 Å². The lowest BCUT2D eigenvalue weighted by Crippen LogP contribution is -2.12. The zero-order chi connectivity index (χ0) is 15.9. The fraction of sp³-hybridized carbons (Fsp3) is 0.353. The molecule has 2 N–H and O–H groups in total. The van der Waals surface area contributed by atoms with Crippen molar-refractivity contribution >= 4 is 28.9 Å². The molecular formula is C17H20N4OS. The number of aromatic nitrogens is 2. The topological polar surface area (TPSA) is 66.9 Å². The highest BCUT2D eigenvalue weighted by atomic mass is 32.1. The van der Waals surface area contributed by atoms with E-state index in [9.17, 15) is 4.79 Å². The molecule has 0 radical (unpaired) electrons. The second-order valence-corrected chi connectivity index (χ2v) is 6.47. The number of allylic oxidation sites excluding steroid dienone is 1. The van der Waals surface area contributed by atoms with Gasteiger partial charge in [0, 0.05) is 6.54 Å². The Hall–Kier alpha value is -2.21. The summed E-state index contributed by atoms with van der Waals surface area (Å²) < 4.78 is 0. The lowest BCUT2D eigenvalue weighted by Gasteiger charge is -2.13. The van der Waals surface area contributed by atoms with E-state index in [4.69, 9.17) is 0 Å². The first-order valence-electron chi connectivity index (χ1n) is 7.91. The SMILES string of the molecule is O=C(Nc1ccc(NCCC2=CCCCC2)nn1)c1cccs1. The van der Waals surface area contributed by atoms with E-state index in [1.165, 1.54) is 42.6 Å². The lowest BCUT2D eigenvalue weighted by molar-refractivity contribution is 0.103. The Bertz CT molecular complexity index is 664. The van der Waals surface area contributed by atoms with Crippen molar-refractivity contribution < 1.29 is 4.79 Å². The molecule has 6 heteroatoms. The van der Waals surface area contributed by atoms with Crippen LogP contribution in [0.4, 0.5) is 11.6 Å².